The van der Waals surface area contributed by atoms with E-state index in [2.05, 4.69) is 48.3 Å². The minimum absolute atomic E-state index is 0.0296. The summed E-state index contributed by atoms with van der Waals surface area (Å²) in [7, 11) is 0. The third-order valence-corrected chi connectivity index (χ3v) is 6.23. The number of carbonyl (C=O) groups excluding carboxylic acids is 2. The number of nitrogens with zero attached hydrogens (tertiary/aromatic N) is 2. The van der Waals surface area contributed by atoms with Gasteiger partial charge in [0.1, 0.15) is 0 Å². The molecule has 0 aliphatic carbocycles. The molecule has 0 unspecified atom stereocenters. The number of benzene rings is 1. The summed E-state index contributed by atoms with van der Waals surface area (Å²) in [5.74, 6) is 1.59. The molecule has 30 heavy (non-hydrogen) atoms. The van der Waals surface area contributed by atoms with E-state index < -0.39 is 0 Å². The van der Waals surface area contributed by atoms with Crippen molar-refractivity contribution in [3.8, 4) is 0 Å². The van der Waals surface area contributed by atoms with Crippen molar-refractivity contribution < 1.29 is 14.3 Å². The van der Waals surface area contributed by atoms with E-state index in [1.807, 2.05) is 0 Å². The maximum atomic E-state index is 12.5. The largest absolute Gasteiger partial charge is 0.450 e. The fourth-order valence-corrected chi connectivity index (χ4v) is 4.81. The molecule has 0 spiro atoms. The second kappa shape index (κ2) is 10.8. The summed E-state index contributed by atoms with van der Waals surface area (Å²) in [5.41, 5.74) is 2.45. The Morgan fingerprint density at radius 1 is 1.03 bits per heavy atom. The van der Waals surface area contributed by atoms with Crippen LogP contribution in [-0.4, -0.2) is 54.6 Å². The van der Waals surface area contributed by atoms with Crippen molar-refractivity contribution in [1.82, 2.24) is 15.1 Å². The van der Waals surface area contributed by atoms with Gasteiger partial charge in [-0.05, 0) is 49.1 Å². The van der Waals surface area contributed by atoms with Crippen molar-refractivity contribution >= 4 is 12.0 Å². The van der Waals surface area contributed by atoms with E-state index in [1.165, 1.54) is 25.1 Å². The molecule has 2 aliphatic rings. The zero-order chi connectivity index (χ0) is 21.5. The molecule has 2 amide bonds. The molecule has 0 radical (unpaired) electrons. The molecule has 0 saturated carbocycles. The van der Waals surface area contributed by atoms with Crippen LogP contribution in [-0.2, 0) is 22.6 Å². The highest BCUT2D eigenvalue weighted by Gasteiger charge is 2.27. The molecular formula is C24H37N3O3. The van der Waals surface area contributed by atoms with Gasteiger partial charge in [-0.25, -0.2) is 4.79 Å². The van der Waals surface area contributed by atoms with Gasteiger partial charge in [-0.2, -0.15) is 0 Å². The Balaban J connectivity index is 1.41. The van der Waals surface area contributed by atoms with Crippen LogP contribution in [0.4, 0.5) is 4.79 Å². The van der Waals surface area contributed by atoms with Crippen molar-refractivity contribution in [2.75, 3.05) is 32.8 Å². The van der Waals surface area contributed by atoms with Crippen LogP contribution in [0.1, 0.15) is 51.2 Å². The van der Waals surface area contributed by atoms with Crippen molar-refractivity contribution in [2.24, 2.45) is 17.8 Å². The second-order valence-corrected chi connectivity index (χ2v) is 9.13. The molecule has 2 saturated heterocycles. The lowest BCUT2D eigenvalue weighted by Gasteiger charge is -2.35. The van der Waals surface area contributed by atoms with E-state index >= 15 is 0 Å². The normalized spacial score (nSPS) is 23.2. The zero-order valence-electron chi connectivity index (χ0n) is 18.7. The molecule has 2 aliphatic heterocycles. The molecule has 2 atom stereocenters. The number of piperidine rings is 2. The van der Waals surface area contributed by atoms with Gasteiger partial charge in [0.2, 0.25) is 5.91 Å². The topological polar surface area (TPSA) is 61.9 Å². The van der Waals surface area contributed by atoms with Crippen molar-refractivity contribution in [2.45, 2.75) is 53.1 Å². The average molecular weight is 416 g/mol. The molecule has 6 nitrogen and oxygen atoms in total. The van der Waals surface area contributed by atoms with E-state index in [4.69, 9.17) is 4.74 Å². The predicted molar refractivity (Wildman–Crippen MR) is 118 cm³/mol. The number of nitrogens with one attached hydrogen (secondary N) is 1. The third-order valence-electron chi connectivity index (χ3n) is 6.23. The summed E-state index contributed by atoms with van der Waals surface area (Å²) in [4.78, 5) is 28.5. The van der Waals surface area contributed by atoms with Gasteiger partial charge in [0, 0.05) is 45.2 Å². The molecule has 2 heterocycles. The summed E-state index contributed by atoms with van der Waals surface area (Å²) < 4.78 is 5.03. The van der Waals surface area contributed by atoms with Crippen LogP contribution in [0.5, 0.6) is 0 Å². The highest BCUT2D eigenvalue weighted by molar-refractivity contribution is 5.79. The van der Waals surface area contributed by atoms with Crippen LogP contribution in [0.2, 0.25) is 0 Å². The fourth-order valence-electron chi connectivity index (χ4n) is 4.81. The first-order valence-electron chi connectivity index (χ1n) is 11.4. The molecule has 3 rings (SSSR count). The Morgan fingerprint density at radius 2 is 1.63 bits per heavy atom. The van der Waals surface area contributed by atoms with E-state index in [0.717, 1.165) is 23.9 Å². The lowest BCUT2D eigenvalue weighted by Crippen LogP contribution is -2.43. The van der Waals surface area contributed by atoms with Crippen LogP contribution in [0.25, 0.3) is 0 Å². The number of hydrogen-bond acceptors (Lipinski definition) is 4. The van der Waals surface area contributed by atoms with Crippen LogP contribution >= 0.6 is 0 Å². The highest BCUT2D eigenvalue weighted by atomic mass is 16.6. The first-order chi connectivity index (χ1) is 14.4. The van der Waals surface area contributed by atoms with Crippen LogP contribution in [0.3, 0.4) is 0 Å². The van der Waals surface area contributed by atoms with Gasteiger partial charge >= 0.3 is 6.09 Å². The van der Waals surface area contributed by atoms with Crippen molar-refractivity contribution in [3.63, 3.8) is 0 Å². The molecular weight excluding hydrogens is 378 g/mol. The van der Waals surface area contributed by atoms with E-state index in [-0.39, 0.29) is 17.9 Å². The molecule has 166 valence electrons. The minimum Gasteiger partial charge on any atom is -0.450 e. The number of likely N-dealkylation sites (tertiary alicyclic amines) is 2. The molecule has 0 aromatic heterocycles. The van der Waals surface area contributed by atoms with Crippen molar-refractivity contribution in [1.29, 1.82) is 0 Å². The Morgan fingerprint density at radius 3 is 2.23 bits per heavy atom. The smallest absolute Gasteiger partial charge is 0.409 e. The molecule has 1 aromatic rings. The molecule has 1 aromatic carbocycles. The summed E-state index contributed by atoms with van der Waals surface area (Å²) in [6, 6.07) is 8.61. The van der Waals surface area contributed by atoms with Crippen molar-refractivity contribution in [3.05, 3.63) is 35.4 Å². The monoisotopic (exact) mass is 415 g/mol. The number of amides is 2. The van der Waals surface area contributed by atoms with Crippen LogP contribution in [0.15, 0.2) is 24.3 Å². The van der Waals surface area contributed by atoms with Gasteiger partial charge in [-0.3, -0.25) is 9.69 Å². The van der Waals surface area contributed by atoms with Gasteiger partial charge in [-0.15, -0.1) is 0 Å². The maximum Gasteiger partial charge on any atom is 0.409 e. The quantitative estimate of drug-likeness (QED) is 0.770. The van der Waals surface area contributed by atoms with Gasteiger partial charge in [-0.1, -0.05) is 38.1 Å². The number of ether oxygens (including phenoxy) is 1. The zero-order valence-corrected chi connectivity index (χ0v) is 18.7. The van der Waals surface area contributed by atoms with Crippen LogP contribution in [0, 0.1) is 17.8 Å². The molecule has 2 fully saturated rings. The molecule has 6 heteroatoms. The molecule has 1 N–H and O–H groups in total. The lowest BCUT2D eigenvalue weighted by molar-refractivity contribution is -0.126. The highest BCUT2D eigenvalue weighted by Crippen LogP contribution is 2.23. The average Bonchev–Trinajstić information content (AvgIpc) is 2.72. The number of rotatable bonds is 6. The second-order valence-electron chi connectivity index (χ2n) is 9.13. The third kappa shape index (κ3) is 6.46. The predicted octanol–water partition coefficient (Wildman–Crippen LogP) is 3.65. The fraction of sp³-hybridized carbons (Fsp3) is 0.667. The first kappa shape index (κ1) is 22.6. The van der Waals surface area contributed by atoms with E-state index in [0.29, 0.717) is 39.1 Å². The van der Waals surface area contributed by atoms with Crippen LogP contribution < -0.4 is 5.32 Å². The Bertz CT molecular complexity index is 688. The van der Waals surface area contributed by atoms with Gasteiger partial charge in [0.25, 0.3) is 0 Å². The van der Waals surface area contributed by atoms with Gasteiger partial charge in [0.15, 0.2) is 0 Å². The van der Waals surface area contributed by atoms with Gasteiger partial charge < -0.3 is 15.0 Å². The summed E-state index contributed by atoms with van der Waals surface area (Å²) in [6.07, 6.45) is 2.44. The Labute approximate surface area is 180 Å². The lowest BCUT2D eigenvalue weighted by atomic mass is 9.91. The standard InChI is InChI=1S/C24H37N3O3/c1-4-30-24(29)27-11-9-22(10-12-27)23(28)25-14-20-5-7-21(8-6-20)17-26-15-18(2)13-19(3)16-26/h5-8,18-19,22H,4,9-17H2,1-3H3,(H,25,28)/t18-,19+. The van der Waals surface area contributed by atoms with E-state index in [1.54, 1.807) is 11.8 Å². The number of carbonyl (C=O) groups is 2. The summed E-state index contributed by atoms with van der Waals surface area (Å²) in [5, 5.41) is 3.07. The minimum atomic E-state index is -0.273. The summed E-state index contributed by atoms with van der Waals surface area (Å²) >= 11 is 0. The van der Waals surface area contributed by atoms with Gasteiger partial charge in [0.05, 0.1) is 6.61 Å². The summed E-state index contributed by atoms with van der Waals surface area (Å²) in [6.45, 7) is 11.9. The number of hydrogen-bond donors (Lipinski definition) is 1. The first-order valence-corrected chi connectivity index (χ1v) is 11.4. The Hall–Kier alpha value is -2.08. The Kier molecular flexibility index (Phi) is 8.14. The van der Waals surface area contributed by atoms with E-state index in [9.17, 15) is 9.59 Å². The maximum absolute atomic E-state index is 12.5. The SMILES string of the molecule is CCOC(=O)N1CCC(C(=O)NCc2ccc(CN3C[C@H](C)C[C@H](C)C3)cc2)CC1. The molecule has 0 bridgehead atoms.